The van der Waals surface area contributed by atoms with Crippen LogP contribution in [-0.4, -0.2) is 79.4 Å². The van der Waals surface area contributed by atoms with E-state index in [-0.39, 0.29) is 19.7 Å². The van der Waals surface area contributed by atoms with Crippen molar-refractivity contribution in [3.63, 3.8) is 0 Å². The Labute approximate surface area is 660 Å². The Morgan fingerprint density at radius 2 is 0.883 bits per heavy atom. The number of amides is 2. The van der Waals surface area contributed by atoms with Gasteiger partial charge in [-0.25, -0.2) is 0 Å². The Bertz CT molecular complexity index is 3700. The van der Waals surface area contributed by atoms with Crippen LogP contribution in [0.4, 0.5) is 28.4 Å². The van der Waals surface area contributed by atoms with Gasteiger partial charge in [-0.1, -0.05) is 141 Å². The Hall–Kier alpha value is -4.45. The predicted octanol–water partition coefficient (Wildman–Crippen LogP) is 24.0. The van der Waals surface area contributed by atoms with E-state index in [1.165, 1.54) is 119 Å². The summed E-state index contributed by atoms with van der Waals surface area (Å²) in [6.07, 6.45) is 29.6. The van der Waals surface area contributed by atoms with Gasteiger partial charge in [0.25, 0.3) is 0 Å². The summed E-state index contributed by atoms with van der Waals surface area (Å²) in [7, 11) is 27.0. The second-order valence-electron chi connectivity index (χ2n) is 28.0. The molecule has 103 heavy (non-hydrogen) atoms. The summed E-state index contributed by atoms with van der Waals surface area (Å²) in [6.45, 7) is 43.5. The molecule has 0 radical (unpaired) electrons. The fourth-order valence-electron chi connectivity index (χ4n) is 15.9. The molecule has 0 bridgehead atoms. The van der Waals surface area contributed by atoms with E-state index in [1.54, 1.807) is 113 Å². The van der Waals surface area contributed by atoms with E-state index in [1.807, 2.05) is 95.6 Å². The standard InChI is InChI=1S/C21H27N2.C21H26N2.C18H33P.C10H11NO.C9H9NO.C7H6.5ClH.Cu.2Ru/c2*1-14-9-16(3)20(17(4)10-14)22-7-8-23(13-22)21-18(5)11-15(2)12-19(21)6;1-4-10-16(11-5-1)19(17-12-6-2-7-13-17)18-14-8-3-9-15-18;1-3-11(9(2)12)10-7-5-4-6-8-10;1-8(11)10(2)9-6-4-3-5-7-9;1-7-5-3-2-4-6-7;;;;;;;;/h9-13H,7-8H2,1-6H3;9-13H,1,7-8H2,2-6H3;16-18H,1-15H2;3-8H,1H2,2H3;2-7H,1H3;1-6H;5*1H;;;/q-1;;;;;;;;;;;+1;2*+2/p-3. The topological polar surface area (TPSA) is 57.7 Å². The number of anilines is 5. The van der Waals surface area contributed by atoms with E-state index < -0.39 is 27.0 Å². The molecule has 8 nitrogen and oxygen atoms in total. The van der Waals surface area contributed by atoms with Gasteiger partial charge in [-0.15, -0.1) is 0 Å². The minimum atomic E-state index is -1.93. The number of carbonyl (C=O) groups is 1. The molecule has 0 aromatic heterocycles. The summed E-state index contributed by atoms with van der Waals surface area (Å²) in [4.78, 5) is 30.8. The van der Waals surface area contributed by atoms with Crippen molar-refractivity contribution < 1.29 is 56.3 Å². The molecule has 0 unspecified atom stereocenters. The second kappa shape index (κ2) is 45.4. The quantitative estimate of drug-likeness (QED) is 0.0426. The van der Waals surface area contributed by atoms with Crippen molar-refractivity contribution in [3.8, 4) is 0 Å². The van der Waals surface area contributed by atoms with E-state index in [0.29, 0.717) is 0 Å². The fraction of sp³-hybridized carbons (Fsp3) is 0.407. The van der Waals surface area contributed by atoms with Gasteiger partial charge in [-0.3, -0.25) is 9.69 Å². The van der Waals surface area contributed by atoms with Crippen LogP contribution in [0.1, 0.15) is 180 Å². The number of nitrogens with zero attached hydrogens (tertiary/aromatic N) is 6. The van der Waals surface area contributed by atoms with Gasteiger partial charge in [0.2, 0.25) is 5.91 Å². The van der Waals surface area contributed by atoms with Crippen LogP contribution < -0.4 is 24.5 Å². The first-order chi connectivity index (χ1) is 49.3. The molecule has 12 rings (SSSR count). The summed E-state index contributed by atoms with van der Waals surface area (Å²) in [6, 6.07) is 42.4. The van der Waals surface area contributed by atoms with Crippen molar-refractivity contribution >= 4 is 112 Å². The van der Waals surface area contributed by atoms with E-state index in [9.17, 15) is 9.59 Å². The molecule has 2 saturated heterocycles. The molecule has 4 aliphatic carbocycles. The van der Waals surface area contributed by atoms with Gasteiger partial charge in [0, 0.05) is 56.9 Å². The van der Waals surface area contributed by atoms with Crippen molar-refractivity contribution in [2.24, 2.45) is 0 Å². The summed E-state index contributed by atoms with van der Waals surface area (Å²) in [5.41, 5.74) is 27.7. The van der Waals surface area contributed by atoms with Crippen LogP contribution in [0.25, 0.3) is 0 Å². The molecule has 5 fully saturated rings. The number of hydrogen-bond acceptors (Lipinski definition) is 4. The minimum absolute atomic E-state index is 0.0313. The first kappa shape index (κ1) is 87.5. The van der Waals surface area contributed by atoms with Crippen molar-refractivity contribution in [2.45, 2.75) is 203 Å². The zero-order valence-electron chi connectivity index (χ0n) is 63.2. The van der Waals surface area contributed by atoms with Gasteiger partial charge in [0.15, 0.2) is 0 Å². The molecule has 6 aliphatic rings. The maximum atomic E-state index is 11.0. The zero-order valence-corrected chi connectivity index (χ0v) is 72.4. The molecule has 17 heteroatoms. The van der Waals surface area contributed by atoms with Gasteiger partial charge < -0.3 is 19.3 Å². The summed E-state index contributed by atoms with van der Waals surface area (Å²) in [5.74, 6) is 0.132. The number of allylic oxidation sites excluding steroid dienone is 5. The Morgan fingerprint density at radius 3 is 1.21 bits per heavy atom. The third-order valence-electron chi connectivity index (χ3n) is 19.7. The number of halogens is 5. The normalized spacial score (nSPS) is 16.3. The summed E-state index contributed by atoms with van der Waals surface area (Å²) in [5, 5.41) is 0. The van der Waals surface area contributed by atoms with Crippen molar-refractivity contribution in [2.75, 3.05) is 50.7 Å². The average Bonchev–Trinajstić information content (AvgIpc) is 1.68. The van der Waals surface area contributed by atoms with Crippen LogP contribution in [0.2, 0.25) is 0 Å². The van der Waals surface area contributed by atoms with Crippen molar-refractivity contribution in [3.05, 3.63) is 245 Å². The number of benzene rings is 6. The number of para-hydroxylation sites is 2. The molecule has 566 valence electrons. The maximum absolute atomic E-state index is 11.0. The third kappa shape index (κ3) is 27.6. The molecule has 6 aromatic carbocycles. The SMILES string of the molecule is C1CCC([PH+](C2CCCCC2)C2CCCCC2)CC1.C=C1C=C(C)C(=[N+]2[CH-]N(c3c(C)cc(C)cc3C)CC2)C(C)=C1.C=CN(C(C)=O)c1ccccc1.CC(=[OH+])N([CH]=[Ru]([Cl])[Cl])c1ccccc1.Cc1cc(C)c(N2[CH-]N(c3c(C)cc(C)cc3C)CC2)c(C)c1.[Cl][Cu].[Cl][Ru]([Cl])=[CH]c1ccccc1. The van der Waals surface area contributed by atoms with Crippen LogP contribution in [0.15, 0.2) is 176 Å². The Balaban J connectivity index is 0.000000198. The molecule has 3 saturated carbocycles. The van der Waals surface area contributed by atoms with Crippen LogP contribution in [-0.2, 0) is 46.9 Å². The second-order valence-corrected chi connectivity index (χ2v) is 42.8. The third-order valence-corrected chi connectivity index (χ3v) is 27.7. The van der Waals surface area contributed by atoms with Crippen LogP contribution in [0.3, 0.4) is 0 Å². The number of rotatable bonds is 11. The van der Waals surface area contributed by atoms with Gasteiger partial charge >= 0.3 is 195 Å². The Kier molecular flexibility index (Phi) is 38.5. The zero-order chi connectivity index (χ0) is 75.3. The fourth-order valence-corrected chi connectivity index (χ4v) is 24.7. The average molecular weight is 1740 g/mol. The van der Waals surface area contributed by atoms with E-state index in [0.717, 1.165) is 48.7 Å². The first-order valence-corrected chi connectivity index (χ1v) is 50.3. The molecule has 2 aliphatic heterocycles. The number of carbonyl (C=O) groups excluding carboxylic acids is 2. The van der Waals surface area contributed by atoms with E-state index in [4.69, 9.17) is 38.8 Å². The molecule has 2 amide bonds. The van der Waals surface area contributed by atoms with Gasteiger partial charge in [-0.2, -0.15) is 6.67 Å². The van der Waals surface area contributed by atoms with Crippen LogP contribution in [0.5, 0.6) is 0 Å². The monoisotopic (exact) mass is 1740 g/mol. The van der Waals surface area contributed by atoms with Crippen molar-refractivity contribution in [1.82, 2.24) is 0 Å². The number of aryl methyl sites for hydroxylation is 9. The van der Waals surface area contributed by atoms with Gasteiger partial charge in [0.05, 0.1) is 29.2 Å². The van der Waals surface area contributed by atoms with Gasteiger partial charge in [-0.05, 0) is 190 Å². The Morgan fingerprint density at radius 1 is 0.534 bits per heavy atom. The van der Waals surface area contributed by atoms with Crippen LogP contribution in [0, 0.1) is 75.7 Å². The summed E-state index contributed by atoms with van der Waals surface area (Å²) >= 11 is 0.116. The predicted molar refractivity (Wildman–Crippen MR) is 447 cm³/mol. The molecular formula is C86H114Cl5CuN6O2PRu2+. The molecule has 0 spiro atoms. The molecule has 0 atom stereocenters. The molecule has 2 heterocycles. The van der Waals surface area contributed by atoms with Crippen LogP contribution >= 0.6 is 56.8 Å². The molecular weight excluding hydrogens is 1620 g/mol. The first-order valence-electron chi connectivity index (χ1n) is 36.3. The van der Waals surface area contributed by atoms with E-state index in [2.05, 4.69) is 196 Å². The van der Waals surface area contributed by atoms with Gasteiger partial charge in [0.1, 0.15) is 13.2 Å². The summed E-state index contributed by atoms with van der Waals surface area (Å²) < 4.78 is 5.97. The number of hydrogen-bond donors (Lipinski definition) is 0. The van der Waals surface area contributed by atoms with Crippen molar-refractivity contribution in [1.29, 1.82) is 0 Å². The molecule has 6 aromatic rings. The van der Waals surface area contributed by atoms with E-state index >= 15 is 0 Å². The molecule has 1 N–H and O–H groups in total.